The van der Waals surface area contributed by atoms with Gasteiger partial charge < -0.3 is 5.11 Å². The molecule has 1 aromatic rings. The molecule has 1 aromatic carbocycles. The Kier molecular flexibility index (Phi) is 3.63. The van der Waals surface area contributed by atoms with Gasteiger partial charge in [0, 0.05) is 6.54 Å². The quantitative estimate of drug-likeness (QED) is 0.847. The number of carbonyl (C=O) groups is 2. The van der Waals surface area contributed by atoms with Crippen LogP contribution in [0.5, 0.6) is 5.75 Å². The number of hydrogen-bond donors (Lipinski definition) is 1. The lowest BCUT2D eigenvalue weighted by Gasteiger charge is -2.07. The minimum atomic E-state index is -0.295. The number of benzene rings is 1. The highest BCUT2D eigenvalue weighted by Crippen LogP contribution is 2.33. The van der Waals surface area contributed by atoms with Crippen LogP contribution in [0.25, 0.3) is 6.08 Å². The van der Waals surface area contributed by atoms with E-state index in [0.29, 0.717) is 17.0 Å². The maximum Gasteiger partial charge on any atom is 0.293 e. The Morgan fingerprint density at radius 3 is 2.72 bits per heavy atom. The Morgan fingerprint density at radius 1 is 1.44 bits per heavy atom. The zero-order valence-corrected chi connectivity index (χ0v) is 11.1. The van der Waals surface area contributed by atoms with Crippen LogP contribution in [0.1, 0.15) is 12.5 Å². The van der Waals surface area contributed by atoms with E-state index >= 15 is 0 Å². The van der Waals surface area contributed by atoms with Gasteiger partial charge in [0.25, 0.3) is 11.1 Å². The van der Waals surface area contributed by atoms with E-state index in [1.54, 1.807) is 19.1 Å². The second-order valence-electron chi connectivity index (χ2n) is 3.64. The number of thioether (sulfide) groups is 1. The van der Waals surface area contributed by atoms with Crippen LogP contribution in [-0.2, 0) is 4.79 Å². The highest BCUT2D eigenvalue weighted by Gasteiger charge is 2.33. The molecule has 1 N–H and O–H groups in total. The van der Waals surface area contributed by atoms with Gasteiger partial charge in [-0.05, 0) is 42.5 Å². The topological polar surface area (TPSA) is 57.6 Å². The van der Waals surface area contributed by atoms with E-state index in [2.05, 4.69) is 0 Å². The Hall–Kier alpha value is -1.46. The van der Waals surface area contributed by atoms with Gasteiger partial charge in [0.2, 0.25) is 0 Å². The van der Waals surface area contributed by atoms with Gasteiger partial charge in [0.1, 0.15) is 5.75 Å². The number of likely N-dealkylation sites (N-methyl/N-ethyl adjacent to an activating group) is 1. The third-order valence-electron chi connectivity index (χ3n) is 2.46. The fraction of sp³-hybridized carbons (Fsp3) is 0.167. The summed E-state index contributed by atoms with van der Waals surface area (Å²) >= 11 is 6.68. The first-order valence-corrected chi connectivity index (χ1v) is 6.46. The van der Waals surface area contributed by atoms with Crippen molar-refractivity contribution in [2.24, 2.45) is 0 Å². The smallest absolute Gasteiger partial charge is 0.293 e. The minimum absolute atomic E-state index is 0.0181. The van der Waals surface area contributed by atoms with Gasteiger partial charge in [-0.2, -0.15) is 0 Å². The van der Waals surface area contributed by atoms with E-state index in [-0.39, 0.29) is 21.9 Å². The van der Waals surface area contributed by atoms with Gasteiger partial charge in [-0.1, -0.05) is 17.7 Å². The molecule has 0 bridgehead atoms. The van der Waals surface area contributed by atoms with E-state index in [4.69, 9.17) is 11.6 Å². The molecule has 0 aromatic heterocycles. The number of aromatic hydroxyl groups is 1. The van der Waals surface area contributed by atoms with Crippen molar-refractivity contribution in [3.8, 4) is 5.75 Å². The second-order valence-corrected chi connectivity index (χ2v) is 5.04. The number of carbonyl (C=O) groups excluding carboxylic acids is 2. The molecule has 0 atom stereocenters. The molecular formula is C12H10ClNO3S. The summed E-state index contributed by atoms with van der Waals surface area (Å²) in [6.07, 6.45) is 1.59. The molecule has 0 radical (unpaired) electrons. The lowest BCUT2D eigenvalue weighted by molar-refractivity contribution is -0.122. The molecule has 1 saturated heterocycles. The van der Waals surface area contributed by atoms with Crippen LogP contribution < -0.4 is 0 Å². The van der Waals surface area contributed by atoms with Crippen LogP contribution >= 0.6 is 23.4 Å². The third-order valence-corrected chi connectivity index (χ3v) is 3.67. The standard InChI is InChI=1S/C12H10ClNO3S/c1-2-14-11(16)10(18-12(14)17)6-7-3-4-9(15)8(13)5-7/h3-6,15H,2H2,1H3/b10-6+. The van der Waals surface area contributed by atoms with Crippen molar-refractivity contribution in [2.75, 3.05) is 6.54 Å². The first-order chi connectivity index (χ1) is 8.52. The molecule has 0 aliphatic carbocycles. The number of imide groups is 1. The lowest BCUT2D eigenvalue weighted by Crippen LogP contribution is -2.27. The normalized spacial score (nSPS) is 17.9. The number of hydrogen-bond acceptors (Lipinski definition) is 4. The monoisotopic (exact) mass is 283 g/mol. The molecule has 1 aliphatic heterocycles. The summed E-state index contributed by atoms with van der Waals surface area (Å²) in [5, 5.41) is 9.23. The number of halogens is 1. The van der Waals surface area contributed by atoms with Crippen LogP contribution in [0.15, 0.2) is 23.1 Å². The number of amides is 2. The zero-order chi connectivity index (χ0) is 13.3. The van der Waals surface area contributed by atoms with Crippen molar-refractivity contribution in [1.29, 1.82) is 0 Å². The zero-order valence-electron chi connectivity index (χ0n) is 9.51. The van der Waals surface area contributed by atoms with Crippen LogP contribution in [0, 0.1) is 0 Å². The number of phenolic OH excluding ortho intramolecular Hbond substituents is 1. The third kappa shape index (κ3) is 2.37. The van der Waals surface area contributed by atoms with E-state index < -0.39 is 0 Å². The van der Waals surface area contributed by atoms with Gasteiger partial charge >= 0.3 is 0 Å². The van der Waals surface area contributed by atoms with Crippen molar-refractivity contribution in [3.63, 3.8) is 0 Å². The van der Waals surface area contributed by atoms with E-state index in [1.807, 2.05) is 0 Å². The summed E-state index contributed by atoms with van der Waals surface area (Å²) in [6, 6.07) is 4.61. The van der Waals surface area contributed by atoms with Crippen LogP contribution in [0.3, 0.4) is 0 Å². The molecule has 94 valence electrons. The fourth-order valence-electron chi connectivity index (χ4n) is 1.54. The molecule has 1 heterocycles. The van der Waals surface area contributed by atoms with Crippen LogP contribution in [0.2, 0.25) is 5.02 Å². The Bertz CT molecular complexity index is 556. The van der Waals surface area contributed by atoms with E-state index in [0.717, 1.165) is 11.8 Å². The molecule has 6 heteroatoms. The summed E-state index contributed by atoms with van der Waals surface area (Å²) in [5.41, 5.74) is 0.666. The fourth-order valence-corrected chi connectivity index (χ4v) is 2.63. The van der Waals surface area contributed by atoms with E-state index in [9.17, 15) is 14.7 Å². The lowest BCUT2D eigenvalue weighted by atomic mass is 10.2. The highest BCUT2D eigenvalue weighted by molar-refractivity contribution is 8.18. The summed E-state index contributed by atoms with van der Waals surface area (Å²) in [7, 11) is 0. The number of phenols is 1. The molecule has 2 amide bonds. The van der Waals surface area contributed by atoms with Crippen molar-refractivity contribution in [1.82, 2.24) is 4.90 Å². The molecule has 1 fully saturated rings. The predicted octanol–water partition coefficient (Wildman–Crippen LogP) is 3.10. The van der Waals surface area contributed by atoms with Gasteiger partial charge in [0.15, 0.2) is 0 Å². The Morgan fingerprint density at radius 2 is 2.17 bits per heavy atom. The summed E-state index contributed by atoms with van der Waals surface area (Å²) in [6.45, 7) is 2.11. The van der Waals surface area contributed by atoms with Crippen LogP contribution in [-0.4, -0.2) is 27.7 Å². The SMILES string of the molecule is CCN1C(=O)S/C(=C/c2ccc(O)c(Cl)c2)C1=O. The van der Waals surface area contributed by atoms with Crippen molar-refractivity contribution in [3.05, 3.63) is 33.7 Å². The molecule has 2 rings (SSSR count). The molecule has 0 saturated carbocycles. The molecule has 4 nitrogen and oxygen atoms in total. The van der Waals surface area contributed by atoms with Crippen LogP contribution in [0.4, 0.5) is 4.79 Å². The van der Waals surface area contributed by atoms with Gasteiger partial charge in [-0.25, -0.2) is 0 Å². The molecule has 1 aliphatic rings. The average Bonchev–Trinajstić information content (AvgIpc) is 2.59. The Balaban J connectivity index is 2.32. The van der Waals surface area contributed by atoms with Crippen molar-refractivity contribution >= 4 is 40.6 Å². The number of nitrogens with zero attached hydrogens (tertiary/aromatic N) is 1. The first kappa shape index (κ1) is 13.0. The predicted molar refractivity (Wildman–Crippen MR) is 71.5 cm³/mol. The Labute approximate surface area is 113 Å². The largest absolute Gasteiger partial charge is 0.506 e. The van der Waals surface area contributed by atoms with E-state index in [1.165, 1.54) is 17.0 Å². The molecular weight excluding hydrogens is 274 g/mol. The summed E-state index contributed by atoms with van der Waals surface area (Å²) in [5.74, 6) is -0.313. The average molecular weight is 284 g/mol. The molecule has 0 spiro atoms. The summed E-state index contributed by atoms with van der Waals surface area (Å²) < 4.78 is 0. The maximum atomic E-state index is 11.8. The highest BCUT2D eigenvalue weighted by atomic mass is 35.5. The molecule has 18 heavy (non-hydrogen) atoms. The van der Waals surface area contributed by atoms with Gasteiger partial charge in [-0.15, -0.1) is 0 Å². The second kappa shape index (κ2) is 5.04. The first-order valence-electron chi connectivity index (χ1n) is 5.27. The summed E-state index contributed by atoms with van der Waals surface area (Å²) in [4.78, 5) is 24.9. The minimum Gasteiger partial charge on any atom is -0.506 e. The van der Waals surface area contributed by atoms with Crippen molar-refractivity contribution < 1.29 is 14.7 Å². The molecule has 0 unspecified atom stereocenters. The van der Waals surface area contributed by atoms with Gasteiger partial charge in [0.05, 0.1) is 9.93 Å². The number of rotatable bonds is 2. The maximum absolute atomic E-state index is 11.8. The van der Waals surface area contributed by atoms with Gasteiger partial charge in [-0.3, -0.25) is 14.5 Å². The van der Waals surface area contributed by atoms with Crippen molar-refractivity contribution in [2.45, 2.75) is 6.92 Å².